The zero-order valence-corrected chi connectivity index (χ0v) is 32.7. The fraction of sp³-hybridized carbons (Fsp3) is 0.412. The maximum Gasteiger partial charge on any atom is 0.414 e. The molecule has 0 aliphatic carbocycles. The van der Waals surface area contributed by atoms with Gasteiger partial charge in [0.05, 0.1) is 67.2 Å². The molecule has 4 N–H and O–H groups in total. The summed E-state index contributed by atoms with van der Waals surface area (Å²) in [7, 11) is 3.31. The van der Waals surface area contributed by atoms with E-state index < -0.39 is 36.0 Å². The van der Waals surface area contributed by atoms with Gasteiger partial charge in [0.25, 0.3) is 0 Å². The SMILES string of the molecule is CC(=O)NC[C@H]1CN(c2ccc(N3C=NNCC3)c(F)c2)C(=O)O1.CN=C=S.CNC(=S)N1CCN(c2ccc(N3C[C@H](CNC(C)=O)OC3=O)cc2F)C=N1. The van der Waals surface area contributed by atoms with E-state index in [1.54, 1.807) is 53.2 Å². The van der Waals surface area contributed by atoms with Crippen molar-refractivity contribution in [3.05, 3.63) is 48.0 Å². The lowest BCUT2D eigenvalue weighted by atomic mass is 10.2. The number of nitrogens with one attached hydrogen (secondary N) is 4. The van der Waals surface area contributed by atoms with E-state index in [9.17, 15) is 28.0 Å². The number of anilines is 4. The number of benzene rings is 2. The van der Waals surface area contributed by atoms with E-state index in [-0.39, 0.29) is 38.0 Å². The normalized spacial score (nSPS) is 18.3. The number of hydrazone groups is 2. The number of nitrogens with zero attached hydrogens (tertiary/aromatic N) is 8. The fourth-order valence-electron chi connectivity index (χ4n) is 5.48. The first-order valence-electron chi connectivity index (χ1n) is 17.2. The summed E-state index contributed by atoms with van der Waals surface area (Å²) in [6.45, 7) is 5.97. The first-order chi connectivity index (χ1) is 26.8. The standard InChI is InChI=1S/C17H21FN6O3S.C15H18FN5O3.C2H3NS/c1-11(25)20-8-13-9-23(17(26)27-13)12-3-4-15(14(18)7-12)22-5-6-24(21-10-22)16(28)19-2;1-10(22)17-7-12-8-21(15(23)24-12)11-2-3-14(13(16)6-11)20-5-4-18-19-9-20;1-3-2-4/h3-4,7,10,13H,5-6,8-9H2,1-2H3,(H,19,28)(H,20,25);2-3,6,9,12,18H,4-5,7-8H2,1H3,(H,17,22);1H3/t13-;12-;/m00./s1. The molecule has 0 radical (unpaired) electrons. The third kappa shape index (κ3) is 11.8. The molecule has 0 bridgehead atoms. The van der Waals surface area contributed by atoms with E-state index in [0.29, 0.717) is 54.0 Å². The summed E-state index contributed by atoms with van der Waals surface area (Å²) in [5, 5.41) is 20.4. The highest BCUT2D eigenvalue weighted by atomic mass is 32.1. The first kappa shape index (κ1) is 42.7. The highest BCUT2D eigenvalue weighted by Crippen LogP contribution is 2.29. The van der Waals surface area contributed by atoms with E-state index in [0.717, 1.165) is 0 Å². The molecule has 0 saturated carbocycles. The average molecular weight is 817 g/mol. The Hall–Kier alpha value is -5.99. The van der Waals surface area contributed by atoms with Gasteiger partial charge in [-0.25, -0.2) is 28.4 Å². The van der Waals surface area contributed by atoms with E-state index in [1.165, 1.54) is 48.5 Å². The van der Waals surface area contributed by atoms with Crippen LogP contribution in [-0.4, -0.2) is 131 Å². The Morgan fingerprint density at radius 3 is 1.77 bits per heavy atom. The summed E-state index contributed by atoms with van der Waals surface area (Å²) in [6, 6.07) is 9.10. The first-order valence-corrected chi connectivity index (χ1v) is 18.0. The van der Waals surface area contributed by atoms with Crippen molar-refractivity contribution >= 4 is 94.1 Å². The number of hydrogen-bond acceptors (Lipinski definition) is 14. The third-order valence-electron chi connectivity index (χ3n) is 8.19. The third-order valence-corrected chi connectivity index (χ3v) is 8.78. The second kappa shape index (κ2) is 20.6. The second-order valence-corrected chi connectivity index (χ2v) is 12.7. The van der Waals surface area contributed by atoms with Crippen molar-refractivity contribution < 1.29 is 37.4 Å². The molecule has 2 fully saturated rings. The Balaban J connectivity index is 0.000000229. The number of isothiocyanates is 1. The number of rotatable bonds is 8. The topological polar surface area (TPSA) is 188 Å². The molecule has 4 aliphatic heterocycles. The Kier molecular flexibility index (Phi) is 15.7. The fourth-order valence-corrected chi connectivity index (χ4v) is 5.62. The van der Waals surface area contributed by atoms with Gasteiger partial charge in [-0.15, -0.1) is 0 Å². The number of amides is 4. The molecular formula is C34H42F2N12O6S2. The van der Waals surface area contributed by atoms with Gasteiger partial charge >= 0.3 is 12.2 Å². The number of carbonyl (C=O) groups is 4. The van der Waals surface area contributed by atoms with Crippen molar-refractivity contribution in [3.8, 4) is 0 Å². The molecule has 6 rings (SSSR count). The molecule has 2 saturated heterocycles. The van der Waals surface area contributed by atoms with Crippen molar-refractivity contribution in [2.75, 3.05) is 86.1 Å². The Morgan fingerprint density at radius 1 is 0.893 bits per heavy atom. The summed E-state index contributed by atoms with van der Waals surface area (Å²) < 4.78 is 39.5. The molecule has 2 aromatic carbocycles. The van der Waals surface area contributed by atoms with Crippen molar-refractivity contribution in [2.24, 2.45) is 15.2 Å². The lowest BCUT2D eigenvalue weighted by molar-refractivity contribution is -0.120. The van der Waals surface area contributed by atoms with Crippen LogP contribution in [0.5, 0.6) is 0 Å². The summed E-state index contributed by atoms with van der Waals surface area (Å²) in [5.74, 6) is -1.33. The smallest absolute Gasteiger partial charge is 0.414 e. The van der Waals surface area contributed by atoms with Gasteiger partial charge in [-0.05, 0) is 60.8 Å². The van der Waals surface area contributed by atoms with Crippen LogP contribution in [0.1, 0.15) is 13.8 Å². The minimum Gasteiger partial charge on any atom is -0.442 e. The van der Waals surface area contributed by atoms with Gasteiger partial charge in [-0.2, -0.15) is 10.2 Å². The van der Waals surface area contributed by atoms with E-state index in [4.69, 9.17) is 21.7 Å². The van der Waals surface area contributed by atoms with Crippen LogP contribution in [0, 0.1) is 11.6 Å². The zero-order valence-electron chi connectivity index (χ0n) is 31.0. The molecule has 2 aromatic rings. The molecular weight excluding hydrogens is 775 g/mol. The van der Waals surface area contributed by atoms with Crippen LogP contribution in [0.2, 0.25) is 0 Å². The largest absolute Gasteiger partial charge is 0.442 e. The monoisotopic (exact) mass is 816 g/mol. The molecule has 300 valence electrons. The quantitative estimate of drug-likeness (QED) is 0.225. The maximum absolute atomic E-state index is 14.7. The van der Waals surface area contributed by atoms with Gasteiger partial charge in [-0.3, -0.25) is 19.4 Å². The summed E-state index contributed by atoms with van der Waals surface area (Å²) in [5.41, 5.74) is 4.35. The van der Waals surface area contributed by atoms with Crippen LogP contribution in [0.25, 0.3) is 0 Å². The zero-order chi connectivity index (χ0) is 40.8. The van der Waals surface area contributed by atoms with Gasteiger partial charge in [0, 0.05) is 41.0 Å². The molecule has 56 heavy (non-hydrogen) atoms. The Morgan fingerprint density at radius 2 is 1.39 bits per heavy atom. The van der Waals surface area contributed by atoms with Crippen LogP contribution < -0.4 is 41.0 Å². The lowest BCUT2D eigenvalue weighted by Gasteiger charge is -2.30. The van der Waals surface area contributed by atoms with E-state index in [2.05, 4.69) is 54.0 Å². The molecule has 0 unspecified atom stereocenters. The van der Waals surface area contributed by atoms with Crippen LogP contribution in [0.15, 0.2) is 51.6 Å². The van der Waals surface area contributed by atoms with Crippen molar-refractivity contribution in [2.45, 2.75) is 26.1 Å². The van der Waals surface area contributed by atoms with Gasteiger partial charge in [0.1, 0.15) is 36.5 Å². The minimum absolute atomic E-state index is 0.197. The predicted molar refractivity (Wildman–Crippen MR) is 214 cm³/mol. The molecule has 18 nitrogen and oxygen atoms in total. The van der Waals surface area contributed by atoms with Gasteiger partial charge in [-0.1, -0.05) is 0 Å². The summed E-state index contributed by atoms with van der Waals surface area (Å²) >= 11 is 9.26. The number of ether oxygens (including phenoxy) is 2. The second-order valence-electron chi connectivity index (χ2n) is 12.1. The van der Waals surface area contributed by atoms with Crippen LogP contribution in [0.3, 0.4) is 0 Å². The van der Waals surface area contributed by atoms with Gasteiger partial charge in [0.2, 0.25) is 11.8 Å². The van der Waals surface area contributed by atoms with E-state index >= 15 is 0 Å². The molecule has 22 heteroatoms. The Labute approximate surface area is 332 Å². The number of halogens is 2. The number of aliphatic imine (C=N–C) groups is 1. The molecule has 2 atom stereocenters. The van der Waals surface area contributed by atoms with Crippen LogP contribution >= 0.6 is 24.4 Å². The Bertz CT molecular complexity index is 1880. The van der Waals surface area contributed by atoms with Crippen molar-refractivity contribution in [1.82, 2.24) is 26.4 Å². The molecule has 4 amide bonds. The minimum atomic E-state index is -0.571. The van der Waals surface area contributed by atoms with Crippen molar-refractivity contribution in [1.29, 1.82) is 0 Å². The number of carbonyl (C=O) groups excluding carboxylic acids is 4. The summed E-state index contributed by atoms with van der Waals surface area (Å²) in [4.78, 5) is 55.3. The van der Waals surface area contributed by atoms with E-state index in [1.807, 2.05) is 0 Å². The highest BCUT2D eigenvalue weighted by Gasteiger charge is 2.34. The van der Waals surface area contributed by atoms with Crippen LogP contribution in [-0.2, 0) is 19.1 Å². The number of hydrogen-bond donors (Lipinski definition) is 4. The predicted octanol–water partition coefficient (Wildman–Crippen LogP) is 2.22. The molecule has 4 aliphatic rings. The summed E-state index contributed by atoms with van der Waals surface area (Å²) in [6.07, 6.45) is 0.979. The molecule has 4 heterocycles. The van der Waals surface area contributed by atoms with Crippen molar-refractivity contribution in [3.63, 3.8) is 0 Å². The van der Waals surface area contributed by atoms with Gasteiger partial charge in [0.15, 0.2) is 5.11 Å². The molecule has 0 spiro atoms. The molecule has 0 aromatic heterocycles. The van der Waals surface area contributed by atoms with Crippen LogP contribution in [0.4, 0.5) is 41.1 Å². The maximum atomic E-state index is 14.7. The van der Waals surface area contributed by atoms with Gasteiger partial charge < -0.3 is 40.6 Å². The number of thiocarbonyl (C=S) groups is 2. The number of cyclic esters (lactones) is 2. The lowest BCUT2D eigenvalue weighted by Crippen LogP contribution is -2.44. The average Bonchev–Trinajstić information content (AvgIpc) is 3.77. The highest BCUT2D eigenvalue weighted by molar-refractivity contribution is 7.80.